The average Bonchev–Trinajstić information content (AvgIpc) is 3.43. The highest BCUT2D eigenvalue weighted by Crippen LogP contribution is 2.30. The number of rotatable bonds is 8. The van der Waals surface area contributed by atoms with Gasteiger partial charge in [-0.2, -0.15) is 0 Å². The second-order valence-corrected chi connectivity index (χ2v) is 12.3. The Morgan fingerprint density at radius 2 is 1.76 bits per heavy atom. The van der Waals surface area contributed by atoms with E-state index in [1.807, 2.05) is 24.3 Å². The van der Waals surface area contributed by atoms with Crippen LogP contribution in [0, 0.1) is 0 Å². The minimum atomic E-state index is -3.35. The van der Waals surface area contributed by atoms with Gasteiger partial charge in [0.05, 0.1) is 22.0 Å². The van der Waals surface area contributed by atoms with Crippen LogP contribution in [0.25, 0.3) is 34.0 Å². The molecule has 0 amide bonds. The third-order valence-electron chi connectivity index (χ3n) is 6.79. The van der Waals surface area contributed by atoms with Crippen molar-refractivity contribution in [1.29, 1.82) is 0 Å². The number of benzene rings is 2. The molecular formula is C28H32N6O3S. The molecule has 1 fully saturated rings. The van der Waals surface area contributed by atoms with Gasteiger partial charge in [-0.25, -0.2) is 18.4 Å². The summed E-state index contributed by atoms with van der Waals surface area (Å²) in [6.45, 7) is 5.31. The third-order valence-corrected chi connectivity index (χ3v) is 8.96. The van der Waals surface area contributed by atoms with Crippen molar-refractivity contribution >= 4 is 21.3 Å². The van der Waals surface area contributed by atoms with Crippen molar-refractivity contribution in [3.05, 3.63) is 60.8 Å². The van der Waals surface area contributed by atoms with Crippen LogP contribution >= 0.6 is 0 Å². The fraction of sp³-hybridized carbons (Fsp3) is 0.321. The first kappa shape index (κ1) is 25.9. The lowest BCUT2D eigenvalue weighted by Crippen LogP contribution is -2.39. The molecular weight excluding hydrogens is 500 g/mol. The molecule has 10 heteroatoms. The quantitative estimate of drug-likeness (QED) is 0.293. The van der Waals surface area contributed by atoms with Gasteiger partial charge < -0.3 is 20.9 Å². The first-order valence-electron chi connectivity index (χ1n) is 12.8. The predicted octanol–water partition coefficient (Wildman–Crippen LogP) is 4.78. The van der Waals surface area contributed by atoms with Crippen LogP contribution in [-0.2, 0) is 9.84 Å². The van der Waals surface area contributed by atoms with Crippen molar-refractivity contribution in [2.24, 2.45) is 0 Å². The van der Waals surface area contributed by atoms with E-state index in [2.05, 4.69) is 25.8 Å². The van der Waals surface area contributed by atoms with Crippen molar-refractivity contribution in [3.63, 3.8) is 0 Å². The molecule has 0 bridgehead atoms. The molecule has 1 aliphatic rings. The number of nitrogens with two attached hydrogens (primary N) is 1. The predicted molar refractivity (Wildman–Crippen MR) is 149 cm³/mol. The summed E-state index contributed by atoms with van der Waals surface area (Å²) in [5.74, 6) is 0.614. The highest BCUT2D eigenvalue weighted by molar-refractivity contribution is 7.92. The van der Waals surface area contributed by atoms with E-state index in [-0.39, 0.29) is 10.7 Å². The standard InChI is InChI=1S/C28H32N6O3S/c1-18(2)38(35,36)23-12-8-20(9-13-23)25-17-32-28(29)27(33-25)26-15-24(34-37-26)19-6-10-21(11-7-19)31-16-22-5-3-4-14-30-22/h6-13,15,17-18,22,30-31H,3-5,14,16H2,1-2H3,(H2,29,32). The number of piperidine rings is 1. The van der Waals surface area contributed by atoms with Crippen LogP contribution < -0.4 is 16.4 Å². The SMILES string of the molecule is CC(C)S(=O)(=O)c1ccc(-c2cnc(N)c(-c3cc(-c4ccc(NCC5CCCCN5)cc4)no3)n2)cc1. The number of nitrogen functional groups attached to an aromatic ring is 1. The third kappa shape index (κ3) is 5.56. The zero-order chi connectivity index (χ0) is 26.7. The summed E-state index contributed by atoms with van der Waals surface area (Å²) in [5, 5.41) is 10.8. The summed E-state index contributed by atoms with van der Waals surface area (Å²) in [6, 6.07) is 16.9. The monoisotopic (exact) mass is 532 g/mol. The Hall–Kier alpha value is -3.76. The lowest BCUT2D eigenvalue weighted by Gasteiger charge is -2.24. The molecule has 3 heterocycles. The molecule has 5 rings (SSSR count). The maximum Gasteiger partial charge on any atom is 0.189 e. The van der Waals surface area contributed by atoms with Crippen LogP contribution in [0.5, 0.6) is 0 Å². The summed E-state index contributed by atoms with van der Waals surface area (Å²) < 4.78 is 30.4. The largest absolute Gasteiger partial charge is 0.383 e. The van der Waals surface area contributed by atoms with Crippen molar-refractivity contribution in [3.8, 4) is 34.0 Å². The van der Waals surface area contributed by atoms with Gasteiger partial charge in [-0.3, -0.25) is 0 Å². The lowest BCUT2D eigenvalue weighted by molar-refractivity contribution is 0.414. The van der Waals surface area contributed by atoms with E-state index < -0.39 is 15.1 Å². The molecule has 0 aliphatic carbocycles. The summed E-state index contributed by atoms with van der Waals surface area (Å²) in [5.41, 5.74) is 10.4. The van der Waals surface area contributed by atoms with Gasteiger partial charge in [0.2, 0.25) is 0 Å². The minimum absolute atomic E-state index is 0.214. The molecule has 2 aromatic heterocycles. The number of nitrogens with zero attached hydrogens (tertiary/aromatic N) is 3. The highest BCUT2D eigenvalue weighted by Gasteiger charge is 2.20. The molecule has 198 valence electrons. The van der Waals surface area contributed by atoms with E-state index in [0.717, 1.165) is 24.3 Å². The van der Waals surface area contributed by atoms with E-state index in [4.69, 9.17) is 10.3 Å². The molecule has 38 heavy (non-hydrogen) atoms. The second kappa shape index (κ2) is 10.9. The second-order valence-electron chi connectivity index (χ2n) is 9.79. The van der Waals surface area contributed by atoms with Crippen molar-refractivity contribution in [2.75, 3.05) is 24.1 Å². The van der Waals surface area contributed by atoms with E-state index in [1.54, 1.807) is 50.4 Å². The Bertz CT molecular complexity index is 1490. The highest BCUT2D eigenvalue weighted by atomic mass is 32.2. The molecule has 4 aromatic rings. The van der Waals surface area contributed by atoms with Gasteiger partial charge in [0, 0.05) is 35.5 Å². The van der Waals surface area contributed by atoms with Gasteiger partial charge in [0.15, 0.2) is 27.1 Å². The van der Waals surface area contributed by atoms with Crippen LogP contribution in [0.3, 0.4) is 0 Å². The van der Waals surface area contributed by atoms with Gasteiger partial charge in [0.1, 0.15) is 5.69 Å². The molecule has 9 nitrogen and oxygen atoms in total. The Morgan fingerprint density at radius 3 is 2.45 bits per heavy atom. The fourth-order valence-electron chi connectivity index (χ4n) is 4.43. The zero-order valence-corrected chi connectivity index (χ0v) is 22.3. The molecule has 4 N–H and O–H groups in total. The number of hydrogen-bond acceptors (Lipinski definition) is 9. The van der Waals surface area contributed by atoms with E-state index >= 15 is 0 Å². The number of hydrogen-bond donors (Lipinski definition) is 3. The van der Waals surface area contributed by atoms with Gasteiger partial charge in [-0.05, 0) is 57.5 Å². The van der Waals surface area contributed by atoms with Gasteiger partial charge in [-0.15, -0.1) is 0 Å². The number of aromatic nitrogens is 3. The lowest BCUT2D eigenvalue weighted by atomic mass is 10.0. The molecule has 1 saturated heterocycles. The Labute approximate surface area is 222 Å². The first-order chi connectivity index (χ1) is 18.3. The first-order valence-corrected chi connectivity index (χ1v) is 14.4. The molecule has 1 atom stereocenters. The van der Waals surface area contributed by atoms with Crippen molar-refractivity contribution in [1.82, 2.24) is 20.4 Å². The van der Waals surface area contributed by atoms with Gasteiger partial charge in [0.25, 0.3) is 0 Å². The van der Waals surface area contributed by atoms with Gasteiger partial charge in [-0.1, -0.05) is 35.8 Å². The molecule has 1 unspecified atom stereocenters. The average molecular weight is 533 g/mol. The number of anilines is 2. The van der Waals surface area contributed by atoms with Gasteiger partial charge >= 0.3 is 0 Å². The topological polar surface area (TPSA) is 136 Å². The molecule has 0 radical (unpaired) electrons. The van der Waals surface area contributed by atoms with E-state index in [9.17, 15) is 8.42 Å². The Morgan fingerprint density at radius 1 is 1.05 bits per heavy atom. The van der Waals surface area contributed by atoms with E-state index in [1.165, 1.54) is 19.3 Å². The smallest absolute Gasteiger partial charge is 0.189 e. The number of sulfone groups is 1. The summed E-state index contributed by atoms with van der Waals surface area (Å²) in [6.07, 6.45) is 5.28. The number of nitrogens with one attached hydrogen (secondary N) is 2. The van der Waals surface area contributed by atoms with Crippen molar-refractivity contribution in [2.45, 2.75) is 49.3 Å². The Kier molecular flexibility index (Phi) is 7.44. The minimum Gasteiger partial charge on any atom is -0.383 e. The molecule has 1 aliphatic heterocycles. The van der Waals surface area contributed by atoms with Crippen LogP contribution in [0.4, 0.5) is 11.5 Å². The zero-order valence-electron chi connectivity index (χ0n) is 21.5. The summed E-state index contributed by atoms with van der Waals surface area (Å²) in [4.78, 5) is 9.19. The maximum atomic E-state index is 12.4. The maximum absolute atomic E-state index is 12.4. The normalized spacial score (nSPS) is 16.0. The fourth-order valence-corrected chi connectivity index (χ4v) is 5.49. The molecule has 0 spiro atoms. The van der Waals surface area contributed by atoms with Crippen LogP contribution in [0.15, 0.2) is 70.2 Å². The van der Waals surface area contributed by atoms with Crippen LogP contribution in [0.2, 0.25) is 0 Å². The van der Waals surface area contributed by atoms with Crippen LogP contribution in [0.1, 0.15) is 33.1 Å². The summed E-state index contributed by atoms with van der Waals surface area (Å²) in [7, 11) is -3.35. The summed E-state index contributed by atoms with van der Waals surface area (Å²) >= 11 is 0. The molecule has 0 saturated carbocycles. The van der Waals surface area contributed by atoms with Crippen molar-refractivity contribution < 1.29 is 12.9 Å². The Balaban J connectivity index is 1.32. The molecule has 2 aromatic carbocycles. The van der Waals surface area contributed by atoms with Crippen LogP contribution in [-0.4, -0.2) is 47.9 Å². The van der Waals surface area contributed by atoms with E-state index in [0.29, 0.717) is 34.4 Å².